The number of nitrogens with zero attached hydrogens (tertiary/aromatic N) is 3. The summed E-state index contributed by atoms with van der Waals surface area (Å²) < 4.78 is 2.20. The van der Waals surface area contributed by atoms with Crippen molar-refractivity contribution in [3.8, 4) is 11.4 Å². The minimum Gasteiger partial charge on any atom is -0.299 e. The van der Waals surface area contributed by atoms with Gasteiger partial charge in [0, 0.05) is 11.6 Å². The van der Waals surface area contributed by atoms with E-state index in [1.165, 1.54) is 35.9 Å². The predicted molar refractivity (Wildman–Crippen MR) is 107 cm³/mol. The third kappa shape index (κ3) is 3.59. The normalized spacial score (nSPS) is 14.8. The van der Waals surface area contributed by atoms with E-state index < -0.39 is 0 Å². The molecule has 26 heavy (non-hydrogen) atoms. The summed E-state index contributed by atoms with van der Waals surface area (Å²) in [6.07, 6.45) is 4.65. The Morgan fingerprint density at radius 1 is 1.19 bits per heavy atom. The topological polar surface area (TPSA) is 47.8 Å². The van der Waals surface area contributed by atoms with Crippen LogP contribution < -0.4 is 0 Å². The first-order valence-electron chi connectivity index (χ1n) is 8.63. The molecule has 134 valence electrons. The van der Waals surface area contributed by atoms with Crippen LogP contribution in [0.25, 0.3) is 11.4 Å². The number of hydrogen-bond donors (Lipinski definition) is 0. The Bertz CT molecular complexity index is 901. The first kappa shape index (κ1) is 17.8. The van der Waals surface area contributed by atoms with Crippen molar-refractivity contribution in [1.29, 1.82) is 0 Å². The SMILES string of the molecule is O=C(CSc1nnc(-c2ccccc2Cl)n1C1CCCC1)c1cccs1. The van der Waals surface area contributed by atoms with Crippen molar-refractivity contribution in [2.75, 3.05) is 5.75 Å². The quantitative estimate of drug-likeness (QED) is 0.388. The van der Waals surface area contributed by atoms with Gasteiger partial charge in [0.05, 0.1) is 15.7 Å². The molecule has 1 aliphatic rings. The number of aromatic nitrogens is 3. The van der Waals surface area contributed by atoms with Crippen molar-refractivity contribution in [2.24, 2.45) is 0 Å². The molecule has 0 unspecified atom stereocenters. The van der Waals surface area contributed by atoms with Gasteiger partial charge in [-0.3, -0.25) is 9.36 Å². The molecule has 0 amide bonds. The lowest BCUT2D eigenvalue weighted by molar-refractivity contribution is 0.102. The van der Waals surface area contributed by atoms with E-state index in [-0.39, 0.29) is 5.78 Å². The Morgan fingerprint density at radius 3 is 2.73 bits per heavy atom. The number of carbonyl (C=O) groups is 1. The van der Waals surface area contributed by atoms with Gasteiger partial charge in [0.2, 0.25) is 0 Å². The van der Waals surface area contributed by atoms with Crippen LogP contribution in [0.1, 0.15) is 41.4 Å². The standard InChI is InChI=1S/C19H18ClN3OS2/c20-15-9-4-3-8-14(15)18-21-22-19(23(18)13-6-1-2-7-13)26-12-16(24)17-10-5-11-25-17/h3-5,8-11,13H,1-2,6-7,12H2. The van der Waals surface area contributed by atoms with Gasteiger partial charge in [0.1, 0.15) is 0 Å². The summed E-state index contributed by atoms with van der Waals surface area (Å²) in [5.41, 5.74) is 0.894. The Hall–Kier alpha value is -1.63. The monoisotopic (exact) mass is 403 g/mol. The lowest BCUT2D eigenvalue weighted by Crippen LogP contribution is -2.10. The summed E-state index contributed by atoms with van der Waals surface area (Å²) in [6.45, 7) is 0. The van der Waals surface area contributed by atoms with Crippen molar-refractivity contribution in [2.45, 2.75) is 36.9 Å². The molecular weight excluding hydrogens is 386 g/mol. The van der Waals surface area contributed by atoms with E-state index >= 15 is 0 Å². The van der Waals surface area contributed by atoms with Crippen molar-refractivity contribution in [1.82, 2.24) is 14.8 Å². The van der Waals surface area contributed by atoms with Gasteiger partial charge in [-0.15, -0.1) is 21.5 Å². The van der Waals surface area contributed by atoms with Gasteiger partial charge in [-0.25, -0.2) is 0 Å². The van der Waals surface area contributed by atoms with E-state index in [0.29, 0.717) is 16.8 Å². The molecule has 4 nitrogen and oxygen atoms in total. The number of Topliss-reactive ketones (excluding diaryl/α,β-unsaturated/α-hetero) is 1. The molecule has 0 atom stereocenters. The van der Waals surface area contributed by atoms with Crippen LogP contribution in [0.3, 0.4) is 0 Å². The number of hydrogen-bond acceptors (Lipinski definition) is 5. The van der Waals surface area contributed by atoms with Crippen LogP contribution in [-0.2, 0) is 0 Å². The maximum absolute atomic E-state index is 12.4. The second-order valence-electron chi connectivity index (χ2n) is 6.28. The zero-order valence-corrected chi connectivity index (χ0v) is 16.5. The summed E-state index contributed by atoms with van der Waals surface area (Å²) in [5.74, 6) is 1.30. The Kier molecular flexibility index (Phi) is 5.43. The molecule has 0 bridgehead atoms. The maximum atomic E-state index is 12.4. The molecule has 2 aromatic heterocycles. The molecule has 1 aliphatic carbocycles. The average Bonchev–Trinajstić information content (AvgIpc) is 3.40. The smallest absolute Gasteiger partial charge is 0.192 e. The fraction of sp³-hybridized carbons (Fsp3) is 0.316. The minimum absolute atomic E-state index is 0.130. The highest BCUT2D eigenvalue weighted by Gasteiger charge is 2.26. The van der Waals surface area contributed by atoms with Gasteiger partial charge in [-0.05, 0) is 36.4 Å². The van der Waals surface area contributed by atoms with E-state index in [4.69, 9.17) is 11.6 Å². The van der Waals surface area contributed by atoms with Crippen LogP contribution in [0, 0.1) is 0 Å². The van der Waals surface area contributed by atoms with Crippen LogP contribution in [-0.4, -0.2) is 26.3 Å². The van der Waals surface area contributed by atoms with E-state index in [1.54, 1.807) is 0 Å². The van der Waals surface area contributed by atoms with E-state index in [1.807, 2.05) is 41.8 Å². The molecule has 1 saturated carbocycles. The van der Waals surface area contributed by atoms with Crippen LogP contribution in [0.4, 0.5) is 0 Å². The Morgan fingerprint density at radius 2 is 2.00 bits per heavy atom. The first-order chi connectivity index (χ1) is 12.7. The summed E-state index contributed by atoms with van der Waals surface area (Å²) >= 11 is 9.34. The second-order valence-corrected chi connectivity index (χ2v) is 8.58. The maximum Gasteiger partial charge on any atom is 0.192 e. The van der Waals surface area contributed by atoms with Crippen LogP contribution in [0.5, 0.6) is 0 Å². The molecule has 0 spiro atoms. The van der Waals surface area contributed by atoms with Gasteiger partial charge in [0.15, 0.2) is 16.8 Å². The first-order valence-corrected chi connectivity index (χ1v) is 10.9. The lowest BCUT2D eigenvalue weighted by Gasteiger charge is -2.17. The van der Waals surface area contributed by atoms with Crippen molar-refractivity contribution in [3.05, 3.63) is 51.7 Å². The van der Waals surface area contributed by atoms with Crippen molar-refractivity contribution >= 4 is 40.5 Å². The van der Waals surface area contributed by atoms with Gasteiger partial charge in [0.25, 0.3) is 0 Å². The summed E-state index contributed by atoms with van der Waals surface area (Å²) in [7, 11) is 0. The molecule has 1 aromatic carbocycles. The fourth-order valence-corrected chi connectivity index (χ4v) is 5.20. The van der Waals surface area contributed by atoms with Gasteiger partial charge in [-0.2, -0.15) is 0 Å². The third-order valence-electron chi connectivity index (χ3n) is 4.60. The second kappa shape index (κ2) is 7.94. The molecule has 1 fully saturated rings. The van der Waals surface area contributed by atoms with Crippen molar-refractivity contribution in [3.63, 3.8) is 0 Å². The van der Waals surface area contributed by atoms with Crippen LogP contribution >= 0.6 is 34.7 Å². The number of thioether (sulfide) groups is 1. The highest BCUT2D eigenvalue weighted by molar-refractivity contribution is 7.99. The Labute approximate surface area is 165 Å². The van der Waals surface area contributed by atoms with Gasteiger partial charge >= 0.3 is 0 Å². The summed E-state index contributed by atoms with van der Waals surface area (Å²) in [4.78, 5) is 13.1. The van der Waals surface area contributed by atoms with Crippen LogP contribution in [0.15, 0.2) is 46.9 Å². The number of rotatable bonds is 6. The van der Waals surface area contributed by atoms with Gasteiger partial charge in [-0.1, -0.05) is 54.4 Å². The van der Waals surface area contributed by atoms with Crippen LogP contribution in [0.2, 0.25) is 5.02 Å². The van der Waals surface area contributed by atoms with E-state index in [2.05, 4.69) is 14.8 Å². The Balaban J connectivity index is 1.64. The fourth-order valence-electron chi connectivity index (χ4n) is 3.33. The number of halogens is 1. The molecule has 0 saturated heterocycles. The van der Waals surface area contributed by atoms with Gasteiger partial charge < -0.3 is 0 Å². The van der Waals surface area contributed by atoms with E-state index in [9.17, 15) is 4.79 Å². The predicted octanol–water partition coefficient (Wildman–Crippen LogP) is 5.75. The summed E-state index contributed by atoms with van der Waals surface area (Å²) in [6, 6.07) is 11.9. The number of thiophene rings is 1. The molecule has 3 aromatic rings. The lowest BCUT2D eigenvalue weighted by atomic mass is 10.2. The number of benzene rings is 1. The highest BCUT2D eigenvalue weighted by Crippen LogP contribution is 2.38. The summed E-state index contributed by atoms with van der Waals surface area (Å²) in [5, 5.41) is 12.2. The zero-order valence-electron chi connectivity index (χ0n) is 14.1. The molecule has 7 heteroatoms. The molecule has 0 N–H and O–H groups in total. The molecular formula is C19H18ClN3OS2. The zero-order chi connectivity index (χ0) is 17.9. The average molecular weight is 404 g/mol. The third-order valence-corrected chi connectivity index (χ3v) is 6.78. The molecule has 2 heterocycles. The van der Waals surface area contributed by atoms with E-state index in [0.717, 1.165) is 34.3 Å². The largest absolute Gasteiger partial charge is 0.299 e. The number of ketones is 1. The number of carbonyl (C=O) groups excluding carboxylic acids is 1. The highest BCUT2D eigenvalue weighted by atomic mass is 35.5. The minimum atomic E-state index is 0.130. The molecule has 0 radical (unpaired) electrons. The molecule has 4 rings (SSSR count). The molecule has 0 aliphatic heterocycles. The van der Waals surface area contributed by atoms with Crippen molar-refractivity contribution < 1.29 is 4.79 Å².